The van der Waals surface area contributed by atoms with Crippen LogP contribution in [-0.4, -0.2) is 30.3 Å². The first kappa shape index (κ1) is 17.2. The van der Waals surface area contributed by atoms with Crippen molar-refractivity contribution in [2.24, 2.45) is 0 Å². The number of carbonyl (C=O) groups excluding carboxylic acids is 1. The van der Waals surface area contributed by atoms with Crippen molar-refractivity contribution in [1.82, 2.24) is 10.6 Å². The number of urea groups is 1. The Bertz CT molecular complexity index is 622. The van der Waals surface area contributed by atoms with Gasteiger partial charge in [0.15, 0.2) is 0 Å². The van der Waals surface area contributed by atoms with Crippen molar-refractivity contribution in [2.45, 2.75) is 19.1 Å². The van der Waals surface area contributed by atoms with Crippen LogP contribution in [0.15, 0.2) is 41.1 Å². The second-order valence-electron chi connectivity index (χ2n) is 5.05. The van der Waals surface area contributed by atoms with Crippen LogP contribution in [0.5, 0.6) is 5.75 Å². The van der Waals surface area contributed by atoms with Gasteiger partial charge in [-0.2, -0.15) is 11.3 Å². The molecule has 23 heavy (non-hydrogen) atoms. The molecule has 0 saturated carbocycles. The molecule has 0 aliphatic heterocycles. The lowest BCUT2D eigenvalue weighted by molar-refractivity contribution is 0.171. The fraction of sp³-hybridized carbons (Fsp3) is 0.312. The van der Waals surface area contributed by atoms with Crippen LogP contribution in [0.1, 0.15) is 18.6 Å². The van der Waals surface area contributed by atoms with Gasteiger partial charge >= 0.3 is 6.03 Å². The van der Waals surface area contributed by atoms with Crippen LogP contribution in [0, 0.1) is 5.82 Å². The van der Waals surface area contributed by atoms with Gasteiger partial charge in [-0.3, -0.25) is 0 Å². The van der Waals surface area contributed by atoms with Crippen molar-refractivity contribution in [3.63, 3.8) is 0 Å². The number of rotatable bonds is 7. The summed E-state index contributed by atoms with van der Waals surface area (Å²) in [6, 6.07) is 7.24. The fourth-order valence-electron chi connectivity index (χ4n) is 1.89. The van der Waals surface area contributed by atoms with E-state index in [-0.39, 0.29) is 25.0 Å². The van der Waals surface area contributed by atoms with Crippen molar-refractivity contribution < 1.29 is 19.0 Å². The van der Waals surface area contributed by atoms with Crippen molar-refractivity contribution in [2.75, 3.05) is 13.1 Å². The SMILES string of the molecule is CC(CNC(=O)NCC(O)c1ccsc1)Oc1cccc(F)c1. The number of aliphatic hydroxyl groups is 1. The third kappa shape index (κ3) is 5.88. The molecule has 1 heterocycles. The van der Waals surface area contributed by atoms with Gasteiger partial charge in [-0.15, -0.1) is 0 Å². The van der Waals surface area contributed by atoms with Crippen LogP contribution < -0.4 is 15.4 Å². The Morgan fingerprint density at radius 1 is 1.35 bits per heavy atom. The van der Waals surface area contributed by atoms with E-state index in [1.807, 2.05) is 16.8 Å². The summed E-state index contributed by atoms with van der Waals surface area (Å²) >= 11 is 1.49. The Morgan fingerprint density at radius 3 is 2.83 bits per heavy atom. The summed E-state index contributed by atoms with van der Waals surface area (Å²) in [6.07, 6.45) is -1.04. The first-order valence-corrected chi connectivity index (χ1v) is 8.13. The highest BCUT2D eigenvalue weighted by atomic mass is 32.1. The topological polar surface area (TPSA) is 70.6 Å². The molecule has 7 heteroatoms. The van der Waals surface area contributed by atoms with Crippen LogP contribution in [0.25, 0.3) is 0 Å². The number of carbonyl (C=O) groups is 1. The highest BCUT2D eigenvalue weighted by Gasteiger charge is 2.11. The Morgan fingerprint density at radius 2 is 2.13 bits per heavy atom. The smallest absolute Gasteiger partial charge is 0.315 e. The van der Waals surface area contributed by atoms with Gasteiger partial charge in [0, 0.05) is 12.6 Å². The molecule has 0 fully saturated rings. The number of nitrogens with one attached hydrogen (secondary N) is 2. The zero-order valence-electron chi connectivity index (χ0n) is 12.7. The average molecular weight is 338 g/mol. The lowest BCUT2D eigenvalue weighted by Gasteiger charge is -2.16. The molecule has 5 nitrogen and oxygen atoms in total. The monoisotopic (exact) mass is 338 g/mol. The largest absolute Gasteiger partial charge is 0.489 e. The molecule has 2 rings (SSSR count). The maximum atomic E-state index is 13.0. The highest BCUT2D eigenvalue weighted by Crippen LogP contribution is 2.15. The van der Waals surface area contributed by atoms with E-state index in [9.17, 15) is 14.3 Å². The summed E-state index contributed by atoms with van der Waals surface area (Å²) in [6.45, 7) is 2.16. The predicted octanol–water partition coefficient (Wildman–Crippen LogP) is 2.69. The van der Waals surface area contributed by atoms with Crippen LogP contribution in [0.4, 0.5) is 9.18 Å². The van der Waals surface area contributed by atoms with Crippen molar-refractivity contribution in [3.8, 4) is 5.75 Å². The Kier molecular flexibility index (Phi) is 6.37. The van der Waals surface area contributed by atoms with Gasteiger partial charge in [0.25, 0.3) is 0 Å². The van der Waals surface area contributed by atoms with E-state index in [1.54, 1.807) is 19.1 Å². The molecule has 2 atom stereocenters. The third-order valence-electron chi connectivity index (χ3n) is 3.07. The second-order valence-corrected chi connectivity index (χ2v) is 5.83. The summed E-state index contributed by atoms with van der Waals surface area (Å²) in [4.78, 5) is 11.7. The molecule has 124 valence electrons. The van der Waals surface area contributed by atoms with Crippen molar-refractivity contribution >= 4 is 17.4 Å². The van der Waals surface area contributed by atoms with Crippen molar-refractivity contribution in [1.29, 1.82) is 0 Å². The Balaban J connectivity index is 1.67. The molecule has 0 aliphatic carbocycles. The molecule has 2 unspecified atom stereocenters. The minimum atomic E-state index is -0.729. The molecule has 0 aliphatic rings. The van der Waals surface area contributed by atoms with Gasteiger partial charge < -0.3 is 20.5 Å². The van der Waals surface area contributed by atoms with Crippen LogP contribution in [0.2, 0.25) is 0 Å². The van der Waals surface area contributed by atoms with E-state index in [0.717, 1.165) is 5.56 Å². The number of benzene rings is 1. The van der Waals surface area contributed by atoms with E-state index >= 15 is 0 Å². The molecule has 0 saturated heterocycles. The van der Waals surface area contributed by atoms with Crippen molar-refractivity contribution in [3.05, 3.63) is 52.5 Å². The molecular formula is C16H19FN2O3S. The zero-order chi connectivity index (χ0) is 16.7. The number of thiophene rings is 1. The summed E-state index contributed by atoms with van der Waals surface area (Å²) in [7, 11) is 0. The molecule has 0 spiro atoms. The Hall–Kier alpha value is -2.12. The first-order chi connectivity index (χ1) is 11.0. The van der Waals surface area contributed by atoms with Crippen LogP contribution >= 0.6 is 11.3 Å². The zero-order valence-corrected chi connectivity index (χ0v) is 13.5. The number of aliphatic hydroxyl groups excluding tert-OH is 1. The van der Waals surface area contributed by atoms with Gasteiger partial charge in [0.2, 0.25) is 0 Å². The highest BCUT2D eigenvalue weighted by molar-refractivity contribution is 7.07. The van der Waals surface area contributed by atoms with E-state index in [1.165, 1.54) is 23.5 Å². The maximum Gasteiger partial charge on any atom is 0.315 e. The summed E-state index contributed by atoms with van der Waals surface area (Å²) in [5, 5.41) is 18.8. The van der Waals surface area contributed by atoms with E-state index < -0.39 is 12.1 Å². The average Bonchev–Trinajstić information content (AvgIpc) is 3.05. The maximum absolute atomic E-state index is 13.0. The van der Waals surface area contributed by atoms with Gasteiger partial charge in [-0.1, -0.05) is 6.07 Å². The second kappa shape index (κ2) is 8.50. The standard InChI is InChI=1S/C16H19FN2O3S/c1-11(22-14-4-2-3-13(17)7-14)8-18-16(21)19-9-15(20)12-5-6-23-10-12/h2-7,10-11,15,20H,8-9H2,1H3,(H2,18,19,21). The number of hydrogen-bond donors (Lipinski definition) is 3. The molecule has 0 radical (unpaired) electrons. The number of hydrogen-bond acceptors (Lipinski definition) is 4. The fourth-order valence-corrected chi connectivity index (χ4v) is 2.59. The minimum absolute atomic E-state index is 0.127. The lowest BCUT2D eigenvalue weighted by Crippen LogP contribution is -2.41. The van der Waals surface area contributed by atoms with Gasteiger partial charge in [0.1, 0.15) is 17.7 Å². The number of halogens is 1. The van der Waals surface area contributed by atoms with E-state index in [2.05, 4.69) is 10.6 Å². The number of ether oxygens (including phenoxy) is 1. The van der Waals surface area contributed by atoms with E-state index in [0.29, 0.717) is 5.75 Å². The summed E-state index contributed by atoms with van der Waals surface area (Å²) in [5.74, 6) is 0.0374. The Labute approximate surface area is 138 Å². The van der Waals surface area contributed by atoms with Gasteiger partial charge in [0.05, 0.1) is 12.6 Å². The first-order valence-electron chi connectivity index (χ1n) is 7.18. The van der Waals surface area contributed by atoms with Gasteiger partial charge in [-0.25, -0.2) is 9.18 Å². The van der Waals surface area contributed by atoms with Gasteiger partial charge in [-0.05, 0) is 41.4 Å². The number of amides is 2. The predicted molar refractivity (Wildman–Crippen MR) is 87.2 cm³/mol. The lowest BCUT2D eigenvalue weighted by atomic mass is 10.2. The van der Waals surface area contributed by atoms with Crippen LogP contribution in [0.3, 0.4) is 0 Å². The molecule has 1 aromatic carbocycles. The molecule has 2 aromatic rings. The summed E-state index contributed by atoms with van der Waals surface area (Å²) < 4.78 is 18.5. The molecule has 3 N–H and O–H groups in total. The minimum Gasteiger partial charge on any atom is -0.489 e. The molecular weight excluding hydrogens is 319 g/mol. The summed E-state index contributed by atoms with van der Waals surface area (Å²) in [5.41, 5.74) is 0.776. The van der Waals surface area contributed by atoms with Crippen LogP contribution in [-0.2, 0) is 0 Å². The molecule has 2 amide bonds. The third-order valence-corrected chi connectivity index (χ3v) is 3.77. The quantitative estimate of drug-likeness (QED) is 0.727. The van der Waals surface area contributed by atoms with E-state index in [4.69, 9.17) is 4.74 Å². The molecule has 0 bridgehead atoms. The molecule has 1 aromatic heterocycles. The normalized spacial score (nSPS) is 13.2.